The smallest absolute Gasteiger partial charge is 0.321 e. The molecule has 88 valence electrons. The van der Waals surface area contributed by atoms with E-state index in [1.807, 2.05) is 0 Å². The lowest BCUT2D eigenvalue weighted by Gasteiger charge is -2.08. The lowest BCUT2D eigenvalue weighted by molar-refractivity contribution is 0.148. The average Bonchev–Trinajstić information content (AvgIpc) is 2.32. The summed E-state index contributed by atoms with van der Waals surface area (Å²) in [6.07, 6.45) is 0.0440. The topological polar surface area (TPSA) is 35.0 Å². The molecule has 0 N–H and O–H groups in total. The first kappa shape index (κ1) is 11.7. The fourth-order valence-corrected chi connectivity index (χ4v) is 1.30. The van der Waals surface area contributed by atoms with Crippen LogP contribution in [0.1, 0.15) is 12.0 Å². The summed E-state index contributed by atoms with van der Waals surface area (Å²) in [7, 11) is 0. The summed E-state index contributed by atoms with van der Waals surface area (Å²) < 4.78 is 30.5. The summed E-state index contributed by atoms with van der Waals surface area (Å²) >= 11 is 5.60. The van der Waals surface area contributed by atoms with Crippen LogP contribution in [0.5, 0.6) is 11.8 Å². The minimum atomic E-state index is -2.61. The minimum absolute atomic E-state index is 0.0255. The maximum Gasteiger partial charge on any atom is 0.321 e. The molecule has 0 aliphatic carbocycles. The molecule has 17 heavy (non-hydrogen) atoms. The Hall–Kier alpha value is -1.75. The van der Waals surface area contributed by atoms with Gasteiger partial charge in [-0.05, 0) is 12.1 Å². The van der Waals surface area contributed by atoms with Crippen LogP contribution in [0.2, 0.25) is 5.02 Å². The normalized spacial score (nSPS) is 10.6. The standard InChI is InChI=1S/C11H7ClF2N2O/c12-7-5-15-11(16-6-7)17-9-4-2-1-3-8(9)10(13)14/h1-6,10H. The lowest BCUT2D eigenvalue weighted by Crippen LogP contribution is -1.95. The molecule has 2 rings (SSSR count). The van der Waals surface area contributed by atoms with E-state index in [0.717, 1.165) is 0 Å². The van der Waals surface area contributed by atoms with E-state index in [1.165, 1.54) is 30.6 Å². The monoisotopic (exact) mass is 256 g/mol. The zero-order valence-corrected chi connectivity index (χ0v) is 9.23. The van der Waals surface area contributed by atoms with Gasteiger partial charge in [-0.25, -0.2) is 18.7 Å². The molecule has 0 fully saturated rings. The van der Waals surface area contributed by atoms with Gasteiger partial charge in [0, 0.05) is 0 Å². The van der Waals surface area contributed by atoms with E-state index in [9.17, 15) is 8.78 Å². The van der Waals surface area contributed by atoms with Gasteiger partial charge in [0.15, 0.2) is 0 Å². The second kappa shape index (κ2) is 5.05. The lowest BCUT2D eigenvalue weighted by atomic mass is 10.2. The van der Waals surface area contributed by atoms with Gasteiger partial charge in [-0.1, -0.05) is 23.7 Å². The molecule has 0 saturated carbocycles. The molecule has 0 spiro atoms. The molecule has 0 amide bonds. The van der Waals surface area contributed by atoms with E-state index in [4.69, 9.17) is 16.3 Å². The first-order valence-electron chi connectivity index (χ1n) is 4.69. The van der Waals surface area contributed by atoms with Crippen molar-refractivity contribution in [1.29, 1.82) is 0 Å². The maximum atomic E-state index is 12.7. The van der Waals surface area contributed by atoms with Gasteiger partial charge in [0.05, 0.1) is 23.0 Å². The van der Waals surface area contributed by atoms with Crippen LogP contribution in [0.15, 0.2) is 36.7 Å². The Morgan fingerprint density at radius 3 is 2.41 bits per heavy atom. The third-order valence-corrected chi connectivity index (χ3v) is 2.15. The van der Waals surface area contributed by atoms with Gasteiger partial charge in [-0.3, -0.25) is 0 Å². The van der Waals surface area contributed by atoms with Crippen molar-refractivity contribution in [2.75, 3.05) is 0 Å². The van der Waals surface area contributed by atoms with Crippen molar-refractivity contribution >= 4 is 11.6 Å². The van der Waals surface area contributed by atoms with Crippen molar-refractivity contribution in [1.82, 2.24) is 9.97 Å². The summed E-state index contributed by atoms with van der Waals surface area (Å²) in [5, 5.41) is 0.347. The summed E-state index contributed by atoms with van der Waals surface area (Å²) in [4.78, 5) is 7.53. The molecule has 0 radical (unpaired) electrons. The molecule has 3 nitrogen and oxygen atoms in total. The van der Waals surface area contributed by atoms with E-state index in [2.05, 4.69) is 9.97 Å². The predicted octanol–water partition coefficient (Wildman–Crippen LogP) is 3.86. The van der Waals surface area contributed by atoms with Gasteiger partial charge < -0.3 is 4.74 Å². The molecule has 0 aliphatic heterocycles. The minimum Gasteiger partial charge on any atom is -0.424 e. The Morgan fingerprint density at radius 2 is 1.76 bits per heavy atom. The molecule has 0 saturated heterocycles. The maximum absolute atomic E-state index is 12.7. The summed E-state index contributed by atoms with van der Waals surface area (Å²) in [6, 6.07) is 5.80. The second-order valence-electron chi connectivity index (χ2n) is 3.12. The van der Waals surface area contributed by atoms with Crippen LogP contribution in [0.4, 0.5) is 8.78 Å². The Morgan fingerprint density at radius 1 is 1.12 bits per heavy atom. The fraction of sp³-hybridized carbons (Fsp3) is 0.0909. The van der Waals surface area contributed by atoms with E-state index >= 15 is 0 Å². The SMILES string of the molecule is FC(F)c1ccccc1Oc1ncc(Cl)cn1. The van der Waals surface area contributed by atoms with E-state index in [-0.39, 0.29) is 17.3 Å². The molecule has 2 aromatic rings. The number of aromatic nitrogens is 2. The van der Waals surface area contributed by atoms with Crippen LogP contribution >= 0.6 is 11.6 Å². The Labute approximate surface area is 101 Å². The number of rotatable bonds is 3. The van der Waals surface area contributed by atoms with Gasteiger partial charge >= 0.3 is 6.01 Å². The molecule has 0 unspecified atom stereocenters. The first-order chi connectivity index (χ1) is 8.16. The Kier molecular flexibility index (Phi) is 3.49. The molecule has 1 aromatic carbocycles. The van der Waals surface area contributed by atoms with E-state index in [1.54, 1.807) is 6.07 Å². The summed E-state index contributed by atoms with van der Waals surface area (Å²) in [5.41, 5.74) is -0.203. The number of para-hydroxylation sites is 1. The molecule has 0 bridgehead atoms. The predicted molar refractivity (Wildman–Crippen MR) is 58.5 cm³/mol. The summed E-state index contributed by atoms with van der Waals surface area (Å²) in [6.45, 7) is 0. The van der Waals surface area contributed by atoms with Crippen LogP contribution in [0, 0.1) is 0 Å². The van der Waals surface area contributed by atoms with Crippen LogP contribution in [-0.2, 0) is 0 Å². The Balaban J connectivity index is 2.26. The molecular weight excluding hydrogens is 250 g/mol. The molecule has 0 atom stereocenters. The van der Waals surface area contributed by atoms with Crippen molar-refractivity contribution in [3.05, 3.63) is 47.2 Å². The number of hydrogen-bond acceptors (Lipinski definition) is 3. The van der Waals surface area contributed by atoms with Crippen molar-refractivity contribution in [2.45, 2.75) is 6.43 Å². The number of ether oxygens (including phenoxy) is 1. The highest BCUT2D eigenvalue weighted by Crippen LogP contribution is 2.30. The number of nitrogens with zero attached hydrogens (tertiary/aromatic N) is 2. The highest BCUT2D eigenvalue weighted by molar-refractivity contribution is 6.30. The quantitative estimate of drug-likeness (QED) is 0.836. The average molecular weight is 257 g/mol. The number of halogens is 3. The highest BCUT2D eigenvalue weighted by atomic mass is 35.5. The summed E-state index contributed by atoms with van der Waals surface area (Å²) in [5.74, 6) is 0.0322. The second-order valence-corrected chi connectivity index (χ2v) is 3.56. The molecule has 1 heterocycles. The van der Waals surface area contributed by atoms with Crippen LogP contribution in [-0.4, -0.2) is 9.97 Å². The van der Waals surface area contributed by atoms with Gasteiger partial charge in [-0.15, -0.1) is 0 Å². The van der Waals surface area contributed by atoms with E-state index < -0.39 is 6.43 Å². The fourth-order valence-electron chi connectivity index (χ4n) is 1.21. The van der Waals surface area contributed by atoms with Crippen molar-refractivity contribution in [3.63, 3.8) is 0 Å². The van der Waals surface area contributed by atoms with Crippen molar-refractivity contribution in [2.24, 2.45) is 0 Å². The van der Waals surface area contributed by atoms with Gasteiger partial charge in [0.2, 0.25) is 0 Å². The van der Waals surface area contributed by atoms with Crippen LogP contribution in [0.3, 0.4) is 0 Å². The third kappa shape index (κ3) is 2.88. The Bertz CT molecular complexity index is 505. The first-order valence-corrected chi connectivity index (χ1v) is 5.07. The van der Waals surface area contributed by atoms with Crippen LogP contribution < -0.4 is 4.74 Å². The largest absolute Gasteiger partial charge is 0.424 e. The molecule has 6 heteroatoms. The van der Waals surface area contributed by atoms with Crippen molar-refractivity contribution < 1.29 is 13.5 Å². The van der Waals surface area contributed by atoms with E-state index in [0.29, 0.717) is 5.02 Å². The molecular formula is C11H7ClF2N2O. The molecule has 0 aliphatic rings. The van der Waals surface area contributed by atoms with Gasteiger partial charge in [0.25, 0.3) is 6.43 Å². The third-order valence-electron chi connectivity index (χ3n) is 1.95. The van der Waals surface area contributed by atoms with Gasteiger partial charge in [0.1, 0.15) is 5.75 Å². The highest BCUT2D eigenvalue weighted by Gasteiger charge is 2.14. The number of benzene rings is 1. The molecule has 1 aromatic heterocycles. The zero-order valence-electron chi connectivity index (χ0n) is 8.48. The number of alkyl halides is 2. The number of hydrogen-bond donors (Lipinski definition) is 0. The van der Waals surface area contributed by atoms with Crippen molar-refractivity contribution in [3.8, 4) is 11.8 Å². The van der Waals surface area contributed by atoms with Gasteiger partial charge in [-0.2, -0.15) is 0 Å². The van der Waals surface area contributed by atoms with Crippen LogP contribution in [0.25, 0.3) is 0 Å². The zero-order chi connectivity index (χ0) is 12.3.